The number of carboxylic acids is 1. The summed E-state index contributed by atoms with van der Waals surface area (Å²) in [6, 6.07) is 0. The quantitative estimate of drug-likeness (QED) is 0.598. The molecule has 0 saturated carbocycles. The lowest BCUT2D eigenvalue weighted by Crippen LogP contribution is -2.60. The normalized spacial score (nSPS) is 22.7. The fourth-order valence-electron chi connectivity index (χ4n) is 1.41. The summed E-state index contributed by atoms with van der Waals surface area (Å²) in [6.07, 6.45) is 1.54. The van der Waals surface area contributed by atoms with Gasteiger partial charge in [0.05, 0.1) is 5.41 Å². The van der Waals surface area contributed by atoms with Gasteiger partial charge in [0.1, 0.15) is 6.17 Å². The summed E-state index contributed by atoms with van der Waals surface area (Å²) in [5, 5.41) is 9.08. The minimum atomic E-state index is -0.850. The lowest BCUT2D eigenvalue weighted by molar-refractivity contribution is -0.151. The van der Waals surface area contributed by atoms with E-state index in [0.29, 0.717) is 0 Å². The number of allylic oxidation sites excluding steroid dienone is 1. The second kappa shape index (κ2) is 3.49. The average molecular weight is 199 g/mol. The maximum absolute atomic E-state index is 11.1. The van der Waals surface area contributed by atoms with Crippen molar-refractivity contribution in [3.05, 3.63) is 11.9 Å². The first-order valence-electron chi connectivity index (χ1n) is 4.51. The van der Waals surface area contributed by atoms with Crippen molar-refractivity contribution in [2.75, 3.05) is 7.05 Å². The summed E-state index contributed by atoms with van der Waals surface area (Å²) in [5.74, 6) is -0.821. The second-order valence-electron chi connectivity index (χ2n) is 4.11. The van der Waals surface area contributed by atoms with Crippen molar-refractivity contribution in [3.63, 3.8) is 0 Å². The molecule has 3 N–H and O–H groups in total. The highest BCUT2D eigenvalue weighted by Crippen LogP contribution is 2.25. The predicted octanol–water partition coefficient (Wildman–Crippen LogP) is 0.324. The van der Waals surface area contributed by atoms with Crippen LogP contribution in [0.2, 0.25) is 0 Å². The third kappa shape index (κ3) is 1.68. The first-order chi connectivity index (χ1) is 6.37. The van der Waals surface area contributed by atoms with Crippen LogP contribution in [0.15, 0.2) is 11.9 Å². The van der Waals surface area contributed by atoms with E-state index >= 15 is 0 Å². The molecule has 0 aromatic carbocycles. The summed E-state index contributed by atoms with van der Waals surface area (Å²) in [5.41, 5.74) is 5.95. The van der Waals surface area contributed by atoms with Crippen LogP contribution in [0, 0.1) is 5.41 Å². The number of nitrogens with one attached hydrogen (secondary N) is 2. The Bertz CT molecular complexity index is 273. The number of carbonyl (C=O) groups is 1. The molecule has 1 rings (SSSR count). The van der Waals surface area contributed by atoms with Crippen LogP contribution in [-0.2, 0) is 4.79 Å². The fraction of sp³-hybridized carbons (Fsp3) is 0.667. The van der Waals surface area contributed by atoms with Crippen molar-refractivity contribution in [1.82, 2.24) is 15.8 Å². The highest BCUT2D eigenvalue weighted by atomic mass is 16.4. The number of hydrazine groups is 1. The van der Waals surface area contributed by atoms with Gasteiger partial charge in [-0.15, -0.1) is 0 Å². The van der Waals surface area contributed by atoms with Gasteiger partial charge in [-0.1, -0.05) is 0 Å². The van der Waals surface area contributed by atoms with Crippen LogP contribution >= 0.6 is 0 Å². The second-order valence-corrected chi connectivity index (χ2v) is 4.11. The van der Waals surface area contributed by atoms with Gasteiger partial charge in [-0.05, 0) is 20.8 Å². The molecule has 0 bridgehead atoms. The van der Waals surface area contributed by atoms with E-state index < -0.39 is 11.4 Å². The van der Waals surface area contributed by atoms with Crippen LogP contribution < -0.4 is 10.9 Å². The van der Waals surface area contributed by atoms with E-state index in [1.165, 1.54) is 0 Å². The van der Waals surface area contributed by atoms with Crippen LogP contribution in [0.25, 0.3) is 0 Å². The van der Waals surface area contributed by atoms with Gasteiger partial charge < -0.3 is 15.4 Å². The van der Waals surface area contributed by atoms with Crippen LogP contribution in [0.4, 0.5) is 0 Å². The molecular weight excluding hydrogens is 182 g/mol. The number of nitrogens with zero attached hydrogens (tertiary/aromatic N) is 1. The molecule has 1 atom stereocenters. The van der Waals surface area contributed by atoms with E-state index in [-0.39, 0.29) is 6.17 Å². The van der Waals surface area contributed by atoms with Crippen LogP contribution in [0.1, 0.15) is 20.8 Å². The fourth-order valence-corrected chi connectivity index (χ4v) is 1.41. The molecule has 0 amide bonds. The van der Waals surface area contributed by atoms with E-state index in [2.05, 4.69) is 10.9 Å². The topological polar surface area (TPSA) is 64.6 Å². The molecule has 0 radical (unpaired) electrons. The van der Waals surface area contributed by atoms with Crippen LogP contribution in [0.5, 0.6) is 0 Å². The highest BCUT2D eigenvalue weighted by molar-refractivity contribution is 5.74. The van der Waals surface area contributed by atoms with Gasteiger partial charge in [-0.3, -0.25) is 4.79 Å². The molecule has 5 heteroatoms. The Balaban J connectivity index is 2.89. The van der Waals surface area contributed by atoms with Crippen molar-refractivity contribution in [1.29, 1.82) is 0 Å². The summed E-state index contributed by atoms with van der Waals surface area (Å²) in [6.45, 7) is 5.33. The van der Waals surface area contributed by atoms with Gasteiger partial charge in [0.2, 0.25) is 0 Å². The summed E-state index contributed by atoms with van der Waals surface area (Å²) in [7, 11) is 1.87. The Morgan fingerprint density at radius 2 is 2.21 bits per heavy atom. The lowest BCUT2D eigenvalue weighted by Gasteiger charge is -2.42. The molecule has 1 aliphatic heterocycles. The molecule has 0 aromatic rings. The first kappa shape index (κ1) is 10.8. The summed E-state index contributed by atoms with van der Waals surface area (Å²) in [4.78, 5) is 13.0. The third-order valence-electron chi connectivity index (χ3n) is 2.68. The molecule has 0 aromatic heterocycles. The van der Waals surface area contributed by atoms with Gasteiger partial charge in [0.25, 0.3) is 0 Å². The van der Waals surface area contributed by atoms with Gasteiger partial charge in [-0.2, -0.15) is 0 Å². The molecular formula is C9H17N3O2. The van der Waals surface area contributed by atoms with Gasteiger partial charge >= 0.3 is 5.97 Å². The van der Waals surface area contributed by atoms with Gasteiger partial charge in [-0.25, -0.2) is 5.43 Å². The maximum atomic E-state index is 11.1. The number of carboxylic acid groups (broad SMARTS) is 1. The molecule has 1 heterocycles. The van der Waals surface area contributed by atoms with Gasteiger partial charge in [0.15, 0.2) is 0 Å². The molecule has 0 fully saturated rings. The Hall–Kier alpha value is -1.23. The monoisotopic (exact) mass is 199 g/mol. The van der Waals surface area contributed by atoms with Crippen molar-refractivity contribution < 1.29 is 9.90 Å². The van der Waals surface area contributed by atoms with Crippen molar-refractivity contribution in [2.45, 2.75) is 26.9 Å². The van der Waals surface area contributed by atoms with Crippen LogP contribution in [0.3, 0.4) is 0 Å². The molecule has 0 unspecified atom stereocenters. The molecule has 0 saturated heterocycles. The molecule has 80 valence electrons. The molecule has 5 nitrogen and oxygen atoms in total. The Kier molecular flexibility index (Phi) is 2.71. The standard InChI is InChI=1S/C9H17N3O2/c1-6-5-10-11-7(12(6)4)9(2,3)8(13)14/h5,7,10-11H,1-4H3,(H,13,14)/t7-/m0/s1. The third-order valence-corrected chi connectivity index (χ3v) is 2.68. The number of hydrogen-bond acceptors (Lipinski definition) is 4. The number of rotatable bonds is 2. The molecule has 0 spiro atoms. The van der Waals surface area contributed by atoms with E-state index in [0.717, 1.165) is 5.70 Å². The minimum Gasteiger partial charge on any atom is -0.481 e. The summed E-state index contributed by atoms with van der Waals surface area (Å²) < 4.78 is 0. The smallest absolute Gasteiger partial charge is 0.312 e. The predicted molar refractivity (Wildman–Crippen MR) is 53.0 cm³/mol. The number of hydrogen-bond donors (Lipinski definition) is 3. The number of aliphatic carboxylic acids is 1. The minimum absolute atomic E-state index is 0.259. The lowest BCUT2D eigenvalue weighted by atomic mass is 9.88. The Morgan fingerprint density at radius 3 is 2.71 bits per heavy atom. The molecule has 0 aliphatic carbocycles. The highest BCUT2D eigenvalue weighted by Gasteiger charge is 2.40. The Labute approximate surface area is 83.7 Å². The zero-order valence-electron chi connectivity index (χ0n) is 8.96. The van der Waals surface area contributed by atoms with Crippen LogP contribution in [-0.4, -0.2) is 29.2 Å². The summed E-state index contributed by atoms with van der Waals surface area (Å²) >= 11 is 0. The zero-order valence-corrected chi connectivity index (χ0v) is 8.96. The zero-order chi connectivity index (χ0) is 10.9. The first-order valence-corrected chi connectivity index (χ1v) is 4.51. The van der Waals surface area contributed by atoms with Gasteiger partial charge in [0, 0.05) is 18.9 Å². The van der Waals surface area contributed by atoms with Crippen molar-refractivity contribution >= 4 is 5.97 Å². The molecule has 14 heavy (non-hydrogen) atoms. The van der Waals surface area contributed by atoms with Crippen molar-refractivity contribution in [3.8, 4) is 0 Å². The Morgan fingerprint density at radius 1 is 1.64 bits per heavy atom. The molecule has 1 aliphatic rings. The maximum Gasteiger partial charge on any atom is 0.312 e. The van der Waals surface area contributed by atoms with E-state index in [9.17, 15) is 4.79 Å². The van der Waals surface area contributed by atoms with Crippen molar-refractivity contribution in [2.24, 2.45) is 5.41 Å². The van der Waals surface area contributed by atoms with E-state index in [1.807, 2.05) is 18.9 Å². The average Bonchev–Trinajstić information content (AvgIpc) is 2.09. The largest absolute Gasteiger partial charge is 0.481 e. The SMILES string of the molecule is CC1=CNN[C@H](C(C)(C)C(=O)O)N1C. The van der Waals surface area contributed by atoms with E-state index in [1.54, 1.807) is 20.0 Å². The van der Waals surface area contributed by atoms with E-state index in [4.69, 9.17) is 5.11 Å².